The van der Waals surface area contributed by atoms with E-state index in [-0.39, 0.29) is 0 Å². The molecule has 2 heterocycles. The van der Waals surface area contributed by atoms with Crippen LogP contribution >= 0.6 is 0 Å². The molecular weight excluding hydrogens is 334 g/mol. The standard InChI is InChI=1S/C20H14F2N4/c1-23-20-16-6-4-12(15-7-5-14(21)10-17(15)22)9-18(16)25-19(26-20)13-3-2-8-24-11-13/h2-11H,1H3,(H,23,25,26). The van der Waals surface area contributed by atoms with Crippen LogP contribution in [-0.2, 0) is 0 Å². The van der Waals surface area contributed by atoms with Crippen LogP contribution in [0.25, 0.3) is 33.4 Å². The highest BCUT2D eigenvalue weighted by molar-refractivity contribution is 5.93. The number of anilines is 1. The van der Waals surface area contributed by atoms with Crippen LogP contribution in [0.4, 0.5) is 14.6 Å². The van der Waals surface area contributed by atoms with Gasteiger partial charge in [0.05, 0.1) is 5.52 Å². The molecule has 6 heteroatoms. The van der Waals surface area contributed by atoms with Crippen molar-refractivity contribution < 1.29 is 8.78 Å². The van der Waals surface area contributed by atoms with Crippen molar-refractivity contribution >= 4 is 16.7 Å². The Bertz CT molecular complexity index is 1100. The van der Waals surface area contributed by atoms with Crippen LogP contribution in [0.1, 0.15) is 0 Å². The summed E-state index contributed by atoms with van der Waals surface area (Å²) in [4.78, 5) is 13.2. The Kier molecular flexibility index (Phi) is 4.01. The lowest BCUT2D eigenvalue weighted by Crippen LogP contribution is -1.99. The smallest absolute Gasteiger partial charge is 0.163 e. The molecule has 0 radical (unpaired) electrons. The molecule has 0 aliphatic heterocycles. The second kappa shape index (κ2) is 6.48. The van der Waals surface area contributed by atoms with Crippen LogP contribution in [0.2, 0.25) is 0 Å². The molecule has 2 aromatic heterocycles. The van der Waals surface area contributed by atoms with Crippen LogP contribution in [0.5, 0.6) is 0 Å². The number of aromatic nitrogens is 3. The fourth-order valence-corrected chi connectivity index (χ4v) is 2.84. The number of rotatable bonds is 3. The Hall–Kier alpha value is -3.41. The fraction of sp³-hybridized carbons (Fsp3) is 0.0500. The molecule has 4 nitrogen and oxygen atoms in total. The fourth-order valence-electron chi connectivity index (χ4n) is 2.84. The number of fused-ring (bicyclic) bond motifs is 1. The lowest BCUT2D eigenvalue weighted by molar-refractivity contribution is 0.585. The first-order valence-corrected chi connectivity index (χ1v) is 8.01. The second-order valence-corrected chi connectivity index (χ2v) is 5.74. The molecule has 0 atom stereocenters. The zero-order chi connectivity index (χ0) is 18.1. The van der Waals surface area contributed by atoms with Crippen molar-refractivity contribution in [3.05, 3.63) is 72.6 Å². The Morgan fingerprint density at radius 2 is 1.81 bits per heavy atom. The van der Waals surface area contributed by atoms with Gasteiger partial charge in [0.2, 0.25) is 0 Å². The molecule has 0 bridgehead atoms. The van der Waals surface area contributed by atoms with Crippen molar-refractivity contribution in [1.82, 2.24) is 15.0 Å². The summed E-state index contributed by atoms with van der Waals surface area (Å²) >= 11 is 0. The van der Waals surface area contributed by atoms with Gasteiger partial charge in [-0.1, -0.05) is 6.07 Å². The van der Waals surface area contributed by atoms with Gasteiger partial charge in [-0.2, -0.15) is 0 Å². The van der Waals surface area contributed by atoms with Crippen molar-refractivity contribution in [2.75, 3.05) is 12.4 Å². The van der Waals surface area contributed by atoms with E-state index in [9.17, 15) is 8.78 Å². The minimum atomic E-state index is -0.611. The van der Waals surface area contributed by atoms with Gasteiger partial charge < -0.3 is 5.32 Å². The van der Waals surface area contributed by atoms with Crippen LogP contribution in [-0.4, -0.2) is 22.0 Å². The summed E-state index contributed by atoms with van der Waals surface area (Å²) in [6, 6.07) is 12.6. The van der Waals surface area contributed by atoms with E-state index in [2.05, 4.69) is 20.3 Å². The minimum Gasteiger partial charge on any atom is -0.373 e. The number of hydrogen-bond donors (Lipinski definition) is 1. The predicted molar refractivity (Wildman–Crippen MR) is 97.7 cm³/mol. The van der Waals surface area contributed by atoms with E-state index in [4.69, 9.17) is 0 Å². The van der Waals surface area contributed by atoms with Gasteiger partial charge >= 0.3 is 0 Å². The maximum atomic E-state index is 14.1. The first kappa shape index (κ1) is 16.1. The summed E-state index contributed by atoms with van der Waals surface area (Å²) in [6.45, 7) is 0. The van der Waals surface area contributed by atoms with E-state index in [0.717, 1.165) is 17.0 Å². The number of hydrogen-bond acceptors (Lipinski definition) is 4. The van der Waals surface area contributed by atoms with Gasteiger partial charge in [-0.3, -0.25) is 4.98 Å². The maximum absolute atomic E-state index is 14.1. The maximum Gasteiger partial charge on any atom is 0.163 e. The van der Waals surface area contributed by atoms with E-state index in [0.29, 0.717) is 28.3 Å². The molecule has 4 aromatic rings. The van der Waals surface area contributed by atoms with Crippen molar-refractivity contribution in [3.63, 3.8) is 0 Å². The summed E-state index contributed by atoms with van der Waals surface area (Å²) in [5.41, 5.74) is 2.38. The average molecular weight is 348 g/mol. The largest absolute Gasteiger partial charge is 0.373 e. The van der Waals surface area contributed by atoms with Gasteiger partial charge in [0, 0.05) is 42.0 Å². The molecule has 128 valence electrons. The summed E-state index contributed by atoms with van der Waals surface area (Å²) < 4.78 is 27.3. The molecule has 0 aliphatic carbocycles. The van der Waals surface area contributed by atoms with Gasteiger partial charge in [0.15, 0.2) is 5.82 Å². The normalized spacial score (nSPS) is 10.9. The number of halogens is 2. The molecule has 1 N–H and O–H groups in total. The summed E-state index contributed by atoms with van der Waals surface area (Å²) in [7, 11) is 1.78. The van der Waals surface area contributed by atoms with Crippen molar-refractivity contribution in [2.45, 2.75) is 0 Å². The van der Waals surface area contributed by atoms with Crippen LogP contribution in [0.15, 0.2) is 60.9 Å². The lowest BCUT2D eigenvalue weighted by Gasteiger charge is -2.10. The van der Waals surface area contributed by atoms with Crippen molar-refractivity contribution in [3.8, 4) is 22.5 Å². The quantitative estimate of drug-likeness (QED) is 0.584. The van der Waals surface area contributed by atoms with E-state index >= 15 is 0 Å². The third kappa shape index (κ3) is 2.86. The second-order valence-electron chi connectivity index (χ2n) is 5.74. The lowest BCUT2D eigenvalue weighted by atomic mass is 10.0. The molecular formula is C20H14F2N4. The summed E-state index contributed by atoms with van der Waals surface area (Å²) in [5.74, 6) is -0.0305. The summed E-state index contributed by atoms with van der Waals surface area (Å²) in [5, 5.41) is 3.87. The van der Waals surface area contributed by atoms with Gasteiger partial charge in [0.1, 0.15) is 17.5 Å². The summed E-state index contributed by atoms with van der Waals surface area (Å²) in [6.07, 6.45) is 3.36. The van der Waals surface area contributed by atoms with Gasteiger partial charge in [-0.25, -0.2) is 18.7 Å². The van der Waals surface area contributed by atoms with Gasteiger partial charge in [-0.05, 0) is 42.0 Å². The Balaban J connectivity index is 1.91. The molecule has 0 saturated carbocycles. The Labute approximate surface area is 148 Å². The number of pyridine rings is 1. The number of benzene rings is 2. The predicted octanol–water partition coefficient (Wildman–Crippen LogP) is 4.68. The molecule has 4 rings (SSSR count). The Morgan fingerprint density at radius 1 is 0.923 bits per heavy atom. The molecule has 0 spiro atoms. The third-order valence-corrected chi connectivity index (χ3v) is 4.10. The average Bonchev–Trinajstić information content (AvgIpc) is 2.67. The Morgan fingerprint density at radius 3 is 2.54 bits per heavy atom. The van der Waals surface area contributed by atoms with E-state index in [1.807, 2.05) is 18.2 Å². The number of nitrogens with one attached hydrogen (secondary N) is 1. The molecule has 2 aromatic carbocycles. The molecule has 0 unspecified atom stereocenters. The van der Waals surface area contributed by atoms with E-state index < -0.39 is 11.6 Å². The highest BCUT2D eigenvalue weighted by Gasteiger charge is 2.12. The molecule has 0 saturated heterocycles. The molecule has 0 fully saturated rings. The van der Waals surface area contributed by atoms with Gasteiger partial charge in [-0.15, -0.1) is 0 Å². The monoisotopic (exact) mass is 348 g/mol. The minimum absolute atomic E-state index is 0.320. The first-order valence-electron chi connectivity index (χ1n) is 8.01. The van der Waals surface area contributed by atoms with Crippen molar-refractivity contribution in [1.29, 1.82) is 0 Å². The van der Waals surface area contributed by atoms with E-state index in [1.54, 1.807) is 31.6 Å². The van der Waals surface area contributed by atoms with Crippen LogP contribution in [0, 0.1) is 11.6 Å². The third-order valence-electron chi connectivity index (χ3n) is 4.10. The highest BCUT2D eigenvalue weighted by Crippen LogP contribution is 2.30. The van der Waals surface area contributed by atoms with Crippen LogP contribution in [0.3, 0.4) is 0 Å². The molecule has 26 heavy (non-hydrogen) atoms. The topological polar surface area (TPSA) is 50.7 Å². The zero-order valence-corrected chi connectivity index (χ0v) is 13.9. The SMILES string of the molecule is CNc1nc(-c2cccnc2)nc2cc(-c3ccc(F)cc3F)ccc12. The first-order chi connectivity index (χ1) is 12.7. The number of nitrogens with zero attached hydrogens (tertiary/aromatic N) is 3. The van der Waals surface area contributed by atoms with Crippen LogP contribution < -0.4 is 5.32 Å². The van der Waals surface area contributed by atoms with Gasteiger partial charge in [0.25, 0.3) is 0 Å². The zero-order valence-electron chi connectivity index (χ0n) is 13.9. The highest BCUT2D eigenvalue weighted by atomic mass is 19.1. The molecule has 0 amide bonds. The van der Waals surface area contributed by atoms with Crippen molar-refractivity contribution in [2.24, 2.45) is 0 Å². The molecule has 0 aliphatic rings. The van der Waals surface area contributed by atoms with E-state index in [1.165, 1.54) is 12.1 Å².